The van der Waals surface area contributed by atoms with Crippen molar-refractivity contribution in [3.05, 3.63) is 59.4 Å². The molecule has 1 saturated heterocycles. The molecule has 2 N–H and O–H groups in total. The van der Waals surface area contributed by atoms with E-state index in [1.165, 1.54) is 6.92 Å². The lowest BCUT2D eigenvalue weighted by Gasteiger charge is -2.33. The van der Waals surface area contributed by atoms with Crippen LogP contribution in [0.2, 0.25) is 0 Å². The molecule has 0 spiro atoms. The van der Waals surface area contributed by atoms with Gasteiger partial charge in [0.1, 0.15) is 17.0 Å². The maximum atomic E-state index is 12.5. The second-order valence-electron chi connectivity index (χ2n) is 9.62. The third kappa shape index (κ3) is 6.03. The molecule has 1 aliphatic heterocycles. The van der Waals surface area contributed by atoms with E-state index < -0.39 is 20.6 Å². The van der Waals surface area contributed by atoms with Crippen LogP contribution >= 0.6 is 0 Å². The number of aryl methyl sites for hydroxylation is 1. The molecule has 0 radical (unpaired) electrons. The third-order valence-electron chi connectivity index (χ3n) is 5.75. The number of nitrogens with two attached hydrogens (primary N) is 1. The van der Waals surface area contributed by atoms with Crippen LogP contribution < -0.4 is 9.88 Å². The molecule has 1 aromatic heterocycles. The van der Waals surface area contributed by atoms with Crippen LogP contribution in [0.3, 0.4) is 0 Å². The highest BCUT2D eigenvalue weighted by molar-refractivity contribution is 7.89. The van der Waals surface area contributed by atoms with E-state index in [-0.39, 0.29) is 17.7 Å². The number of benzene rings is 1. The normalized spacial score (nSPS) is 17.3. The SMILES string of the molecule is Cc1ccc(OC(C)(c2ccc(C3CCN(C(=O)OC(C)(C)C)CC3)cn2)S(N)(=O)=O)cc1. The zero-order valence-corrected chi connectivity index (χ0v) is 20.7. The molecule has 1 amide bonds. The van der Waals surface area contributed by atoms with Crippen molar-refractivity contribution in [2.45, 2.75) is 63.9 Å². The summed E-state index contributed by atoms with van der Waals surface area (Å²) >= 11 is 0. The van der Waals surface area contributed by atoms with Gasteiger partial charge in [-0.2, -0.15) is 0 Å². The van der Waals surface area contributed by atoms with Gasteiger partial charge in [0.15, 0.2) is 0 Å². The van der Waals surface area contributed by atoms with Crippen molar-refractivity contribution >= 4 is 16.1 Å². The number of rotatable bonds is 5. The van der Waals surface area contributed by atoms with Crippen molar-refractivity contribution in [2.75, 3.05) is 13.1 Å². The van der Waals surface area contributed by atoms with E-state index in [1.807, 2.05) is 45.9 Å². The van der Waals surface area contributed by atoms with Gasteiger partial charge < -0.3 is 14.4 Å². The van der Waals surface area contributed by atoms with Crippen molar-refractivity contribution in [1.29, 1.82) is 0 Å². The Morgan fingerprint density at radius 2 is 1.67 bits per heavy atom. The van der Waals surface area contributed by atoms with Gasteiger partial charge >= 0.3 is 6.09 Å². The maximum absolute atomic E-state index is 12.5. The molecule has 1 atom stereocenters. The fourth-order valence-corrected chi connectivity index (χ4v) is 4.35. The summed E-state index contributed by atoms with van der Waals surface area (Å²) in [6, 6.07) is 10.6. The molecule has 33 heavy (non-hydrogen) atoms. The van der Waals surface area contributed by atoms with Gasteiger partial charge in [0, 0.05) is 19.3 Å². The monoisotopic (exact) mass is 475 g/mol. The molecule has 0 aliphatic carbocycles. The van der Waals surface area contributed by atoms with Crippen molar-refractivity contribution in [1.82, 2.24) is 9.88 Å². The highest BCUT2D eigenvalue weighted by Gasteiger charge is 2.43. The zero-order chi connectivity index (χ0) is 24.4. The summed E-state index contributed by atoms with van der Waals surface area (Å²) < 4.78 is 36.2. The zero-order valence-electron chi connectivity index (χ0n) is 19.9. The fourth-order valence-electron chi connectivity index (χ4n) is 3.72. The molecule has 2 heterocycles. The molecule has 180 valence electrons. The lowest BCUT2D eigenvalue weighted by atomic mass is 9.90. The number of primary sulfonamides is 1. The molecular formula is C24H33N3O5S. The number of hydrogen-bond donors (Lipinski definition) is 1. The second-order valence-corrected chi connectivity index (χ2v) is 11.5. The van der Waals surface area contributed by atoms with Crippen molar-refractivity contribution in [3.63, 3.8) is 0 Å². The van der Waals surface area contributed by atoms with E-state index in [9.17, 15) is 13.2 Å². The second kappa shape index (κ2) is 9.30. The van der Waals surface area contributed by atoms with E-state index >= 15 is 0 Å². The minimum atomic E-state index is -4.14. The molecule has 3 rings (SSSR count). The van der Waals surface area contributed by atoms with Crippen LogP contribution in [0.4, 0.5) is 4.79 Å². The molecule has 8 nitrogen and oxygen atoms in total. The molecule has 1 aliphatic rings. The van der Waals surface area contributed by atoms with E-state index in [2.05, 4.69) is 4.98 Å². The number of piperidine rings is 1. The van der Waals surface area contributed by atoms with Gasteiger partial charge in [0.05, 0.1) is 0 Å². The quantitative estimate of drug-likeness (QED) is 0.698. The summed E-state index contributed by atoms with van der Waals surface area (Å²) in [5, 5.41) is 5.55. The van der Waals surface area contributed by atoms with Gasteiger partial charge in [-0.3, -0.25) is 4.98 Å². The lowest BCUT2D eigenvalue weighted by molar-refractivity contribution is 0.0204. The average Bonchev–Trinajstić information content (AvgIpc) is 2.73. The van der Waals surface area contributed by atoms with Crippen LogP contribution in [-0.2, 0) is 19.7 Å². The highest BCUT2D eigenvalue weighted by Crippen LogP contribution is 2.33. The number of carbonyl (C=O) groups excluding carboxylic acids is 1. The number of pyridine rings is 1. The van der Waals surface area contributed by atoms with Crippen molar-refractivity contribution in [3.8, 4) is 5.75 Å². The number of sulfonamides is 1. The molecule has 1 unspecified atom stereocenters. The first-order valence-corrected chi connectivity index (χ1v) is 12.6. The van der Waals surface area contributed by atoms with Gasteiger partial charge in [-0.25, -0.2) is 18.4 Å². The topological polar surface area (TPSA) is 112 Å². The summed E-state index contributed by atoms with van der Waals surface area (Å²) in [5.74, 6) is 0.599. The van der Waals surface area contributed by atoms with Crippen molar-refractivity contribution in [2.24, 2.45) is 5.14 Å². The largest absolute Gasteiger partial charge is 0.464 e. The highest BCUT2D eigenvalue weighted by atomic mass is 32.2. The molecule has 2 aromatic rings. The van der Waals surface area contributed by atoms with Gasteiger partial charge in [0.2, 0.25) is 0 Å². The van der Waals surface area contributed by atoms with Gasteiger partial charge in [-0.1, -0.05) is 23.8 Å². The first kappa shape index (κ1) is 25.0. The Balaban J connectivity index is 1.73. The van der Waals surface area contributed by atoms with Crippen LogP contribution in [0.25, 0.3) is 0 Å². The minimum Gasteiger partial charge on any atom is -0.464 e. The first-order chi connectivity index (χ1) is 15.3. The van der Waals surface area contributed by atoms with E-state index in [1.54, 1.807) is 29.3 Å². The summed E-state index contributed by atoms with van der Waals surface area (Å²) in [7, 11) is -4.14. The summed E-state index contributed by atoms with van der Waals surface area (Å²) in [6.45, 7) is 10.1. The van der Waals surface area contributed by atoms with Crippen LogP contribution in [-0.4, -0.2) is 43.1 Å². The number of amides is 1. The molecular weight excluding hydrogens is 442 g/mol. The van der Waals surface area contributed by atoms with Crippen LogP contribution in [0, 0.1) is 6.92 Å². The fraction of sp³-hybridized carbons (Fsp3) is 0.500. The maximum Gasteiger partial charge on any atom is 0.410 e. The average molecular weight is 476 g/mol. The van der Waals surface area contributed by atoms with Crippen molar-refractivity contribution < 1.29 is 22.7 Å². The summed E-state index contributed by atoms with van der Waals surface area (Å²) in [4.78, 5) is 16.6. The Morgan fingerprint density at radius 3 is 2.15 bits per heavy atom. The Bertz CT molecular complexity index is 1070. The lowest BCUT2D eigenvalue weighted by Crippen LogP contribution is -2.44. The number of likely N-dealkylation sites (tertiary alicyclic amines) is 1. The first-order valence-electron chi connectivity index (χ1n) is 11.0. The summed E-state index contributed by atoms with van der Waals surface area (Å²) in [6.07, 6.45) is 2.91. The number of nitrogens with zero attached hydrogens (tertiary/aromatic N) is 2. The molecule has 1 aromatic carbocycles. The van der Waals surface area contributed by atoms with E-state index in [4.69, 9.17) is 14.6 Å². The van der Waals surface area contributed by atoms with E-state index in [0.717, 1.165) is 24.0 Å². The molecule has 0 bridgehead atoms. The Hall–Kier alpha value is -2.65. The number of carbonyl (C=O) groups is 1. The Morgan fingerprint density at radius 1 is 1.06 bits per heavy atom. The van der Waals surface area contributed by atoms with Gasteiger partial charge in [0.25, 0.3) is 15.0 Å². The Kier molecular flexibility index (Phi) is 7.04. The number of ether oxygens (including phenoxy) is 2. The van der Waals surface area contributed by atoms with Gasteiger partial charge in [-0.05, 0) is 77.1 Å². The van der Waals surface area contributed by atoms with E-state index in [0.29, 0.717) is 18.8 Å². The molecule has 1 fully saturated rings. The standard InChI is InChI=1S/C24H33N3O5S/c1-17-6-9-20(10-7-17)31-24(5,33(25,29)30)21-11-8-19(16-26-21)18-12-14-27(15-13-18)22(28)32-23(2,3)4/h6-11,16,18H,12-15H2,1-5H3,(H2,25,29,30). The van der Waals surface area contributed by atoms with Crippen LogP contribution in [0.15, 0.2) is 42.6 Å². The summed E-state index contributed by atoms with van der Waals surface area (Å²) in [5.41, 5.74) is 1.69. The minimum absolute atomic E-state index is 0.209. The smallest absolute Gasteiger partial charge is 0.410 e. The predicted octanol–water partition coefficient (Wildman–Crippen LogP) is 4.04. The molecule has 9 heteroatoms. The third-order valence-corrected chi connectivity index (χ3v) is 7.12. The van der Waals surface area contributed by atoms with Crippen LogP contribution in [0.5, 0.6) is 5.75 Å². The number of aromatic nitrogens is 1. The molecule has 0 saturated carbocycles. The predicted molar refractivity (Wildman–Crippen MR) is 126 cm³/mol. The van der Waals surface area contributed by atoms with Crippen LogP contribution in [0.1, 0.15) is 63.3 Å². The van der Waals surface area contributed by atoms with Gasteiger partial charge in [-0.15, -0.1) is 0 Å². The number of hydrogen-bond acceptors (Lipinski definition) is 6. The Labute approximate surface area is 196 Å².